The van der Waals surface area contributed by atoms with Crippen LogP contribution in [0.1, 0.15) is 5.82 Å². The standard InChI is InChI=1S/C11H9F3N2O4/c12-11(13,14)5-19-4-9-15-10(20-16-9)7-2-1-6(17)3-8(7)18/h1-3,17-18H,4-5H2. The van der Waals surface area contributed by atoms with Gasteiger partial charge < -0.3 is 19.5 Å². The van der Waals surface area contributed by atoms with Gasteiger partial charge in [0.1, 0.15) is 24.7 Å². The fourth-order valence-corrected chi connectivity index (χ4v) is 1.38. The molecule has 0 unspecified atom stereocenters. The maximum absolute atomic E-state index is 11.9. The molecule has 0 aliphatic rings. The van der Waals surface area contributed by atoms with Crippen LogP contribution in [0.2, 0.25) is 0 Å². The van der Waals surface area contributed by atoms with Crippen molar-refractivity contribution in [1.82, 2.24) is 10.1 Å². The van der Waals surface area contributed by atoms with Crippen molar-refractivity contribution in [1.29, 1.82) is 0 Å². The first kappa shape index (κ1) is 14.1. The van der Waals surface area contributed by atoms with Gasteiger partial charge in [0.2, 0.25) is 0 Å². The zero-order valence-electron chi connectivity index (χ0n) is 9.89. The van der Waals surface area contributed by atoms with Gasteiger partial charge >= 0.3 is 6.18 Å². The number of alkyl halides is 3. The number of hydrogen-bond donors (Lipinski definition) is 2. The van der Waals surface area contributed by atoms with Crippen molar-refractivity contribution in [3.8, 4) is 23.0 Å². The first-order chi connectivity index (χ1) is 9.35. The summed E-state index contributed by atoms with van der Waals surface area (Å²) in [5.41, 5.74) is 0.150. The molecule has 0 saturated carbocycles. The molecule has 0 bridgehead atoms. The highest BCUT2D eigenvalue weighted by Gasteiger charge is 2.27. The highest BCUT2D eigenvalue weighted by atomic mass is 19.4. The Hall–Kier alpha value is -2.29. The van der Waals surface area contributed by atoms with Crippen molar-refractivity contribution in [2.75, 3.05) is 6.61 Å². The zero-order chi connectivity index (χ0) is 14.8. The van der Waals surface area contributed by atoms with Gasteiger partial charge in [0.15, 0.2) is 5.82 Å². The summed E-state index contributed by atoms with van der Waals surface area (Å²) >= 11 is 0. The number of hydrogen-bond acceptors (Lipinski definition) is 6. The van der Waals surface area contributed by atoms with E-state index < -0.39 is 19.4 Å². The molecule has 0 aliphatic heterocycles. The quantitative estimate of drug-likeness (QED) is 0.897. The Balaban J connectivity index is 2.05. The fourth-order valence-electron chi connectivity index (χ4n) is 1.38. The molecule has 0 radical (unpaired) electrons. The highest BCUT2D eigenvalue weighted by molar-refractivity contribution is 5.63. The van der Waals surface area contributed by atoms with E-state index in [1.807, 2.05) is 0 Å². The molecule has 1 heterocycles. The van der Waals surface area contributed by atoms with Crippen LogP contribution in [0.5, 0.6) is 11.5 Å². The Morgan fingerprint density at radius 3 is 2.65 bits per heavy atom. The topological polar surface area (TPSA) is 88.6 Å². The molecule has 0 spiro atoms. The second-order valence-electron chi connectivity index (χ2n) is 3.83. The number of aromatic nitrogens is 2. The van der Waals surface area contributed by atoms with Gasteiger partial charge in [-0.2, -0.15) is 18.2 Å². The number of aromatic hydroxyl groups is 2. The number of halogens is 3. The van der Waals surface area contributed by atoms with Crippen LogP contribution in [0, 0.1) is 0 Å². The molecule has 6 nitrogen and oxygen atoms in total. The van der Waals surface area contributed by atoms with E-state index in [1.165, 1.54) is 12.1 Å². The van der Waals surface area contributed by atoms with Crippen molar-refractivity contribution in [3.63, 3.8) is 0 Å². The summed E-state index contributed by atoms with van der Waals surface area (Å²) in [4.78, 5) is 3.78. The van der Waals surface area contributed by atoms with Crippen LogP contribution >= 0.6 is 0 Å². The molecule has 0 saturated heterocycles. The Kier molecular flexibility index (Phi) is 3.79. The molecule has 0 fully saturated rings. The van der Waals surface area contributed by atoms with Crippen molar-refractivity contribution < 1.29 is 32.6 Å². The Morgan fingerprint density at radius 2 is 2.00 bits per heavy atom. The van der Waals surface area contributed by atoms with E-state index in [0.29, 0.717) is 0 Å². The van der Waals surface area contributed by atoms with Crippen LogP contribution in [-0.2, 0) is 11.3 Å². The third-order valence-electron chi connectivity index (χ3n) is 2.18. The second kappa shape index (κ2) is 5.37. The summed E-state index contributed by atoms with van der Waals surface area (Å²) in [5.74, 6) is -0.624. The molecule has 20 heavy (non-hydrogen) atoms. The molecule has 108 valence electrons. The van der Waals surface area contributed by atoms with Crippen LogP contribution in [-0.4, -0.2) is 33.1 Å². The highest BCUT2D eigenvalue weighted by Crippen LogP contribution is 2.30. The monoisotopic (exact) mass is 290 g/mol. The summed E-state index contributed by atoms with van der Waals surface area (Å²) < 4.78 is 44.8. The Bertz CT molecular complexity index is 598. The zero-order valence-corrected chi connectivity index (χ0v) is 9.89. The molecule has 9 heteroatoms. The van der Waals surface area contributed by atoms with E-state index in [-0.39, 0.29) is 28.8 Å². The minimum absolute atomic E-state index is 0.0864. The number of phenols is 2. The first-order valence-corrected chi connectivity index (χ1v) is 5.34. The summed E-state index contributed by atoms with van der Waals surface area (Å²) in [6.45, 7) is -1.89. The van der Waals surface area contributed by atoms with Gasteiger partial charge in [-0.15, -0.1) is 0 Å². The average Bonchev–Trinajstić information content (AvgIpc) is 2.75. The van der Waals surface area contributed by atoms with Crippen molar-refractivity contribution >= 4 is 0 Å². The minimum atomic E-state index is -4.43. The Labute approximate surface area is 110 Å². The number of phenolic OH excluding ortho intramolecular Hbond substituents is 2. The van der Waals surface area contributed by atoms with Gasteiger partial charge in [-0.25, -0.2) is 0 Å². The number of benzene rings is 1. The molecular formula is C11H9F3N2O4. The SMILES string of the molecule is Oc1ccc(-c2nc(COCC(F)(F)F)no2)c(O)c1. The third kappa shape index (κ3) is 3.60. The van der Waals surface area contributed by atoms with E-state index >= 15 is 0 Å². The summed E-state index contributed by atoms with van der Waals surface area (Å²) in [5, 5.41) is 22.1. The summed E-state index contributed by atoms with van der Waals surface area (Å²) in [6.07, 6.45) is -4.43. The summed E-state index contributed by atoms with van der Waals surface area (Å²) in [7, 11) is 0. The van der Waals surface area contributed by atoms with E-state index in [9.17, 15) is 18.3 Å². The number of rotatable bonds is 4. The normalized spacial score (nSPS) is 11.8. The maximum atomic E-state index is 11.9. The van der Waals surface area contributed by atoms with Crippen molar-refractivity contribution in [2.24, 2.45) is 0 Å². The lowest BCUT2D eigenvalue weighted by Crippen LogP contribution is -2.16. The molecule has 2 rings (SSSR count). The molecule has 0 amide bonds. The van der Waals surface area contributed by atoms with Crippen LogP contribution in [0.25, 0.3) is 11.5 Å². The molecule has 0 aliphatic carbocycles. The molecule has 1 aromatic heterocycles. The number of nitrogens with zero attached hydrogens (tertiary/aromatic N) is 2. The van der Waals surface area contributed by atoms with E-state index in [4.69, 9.17) is 9.63 Å². The van der Waals surface area contributed by atoms with E-state index in [2.05, 4.69) is 14.9 Å². The lowest BCUT2D eigenvalue weighted by Gasteiger charge is -2.04. The molecule has 2 N–H and O–H groups in total. The first-order valence-electron chi connectivity index (χ1n) is 5.34. The van der Waals surface area contributed by atoms with Crippen LogP contribution in [0.15, 0.2) is 22.7 Å². The van der Waals surface area contributed by atoms with Gasteiger partial charge in [-0.1, -0.05) is 5.16 Å². The smallest absolute Gasteiger partial charge is 0.411 e. The number of ether oxygens (including phenoxy) is 1. The van der Waals surface area contributed by atoms with E-state index in [1.54, 1.807) is 0 Å². The Morgan fingerprint density at radius 1 is 1.25 bits per heavy atom. The van der Waals surface area contributed by atoms with E-state index in [0.717, 1.165) is 6.07 Å². The minimum Gasteiger partial charge on any atom is -0.508 e. The largest absolute Gasteiger partial charge is 0.508 e. The molecule has 1 aromatic carbocycles. The molecule has 0 atom stereocenters. The lowest BCUT2D eigenvalue weighted by atomic mass is 10.2. The maximum Gasteiger partial charge on any atom is 0.411 e. The summed E-state index contributed by atoms with van der Waals surface area (Å²) in [6, 6.07) is 3.69. The van der Waals surface area contributed by atoms with Crippen LogP contribution < -0.4 is 0 Å². The molecule has 2 aromatic rings. The predicted octanol–water partition coefficient (Wildman–Crippen LogP) is 2.23. The van der Waals surface area contributed by atoms with Gasteiger partial charge in [-0.05, 0) is 12.1 Å². The van der Waals surface area contributed by atoms with Gasteiger partial charge in [0.05, 0.1) is 5.56 Å². The van der Waals surface area contributed by atoms with Crippen molar-refractivity contribution in [3.05, 3.63) is 24.0 Å². The van der Waals surface area contributed by atoms with Crippen LogP contribution in [0.3, 0.4) is 0 Å². The molecular weight excluding hydrogens is 281 g/mol. The third-order valence-corrected chi connectivity index (χ3v) is 2.18. The lowest BCUT2D eigenvalue weighted by molar-refractivity contribution is -0.177. The van der Waals surface area contributed by atoms with Crippen molar-refractivity contribution in [2.45, 2.75) is 12.8 Å². The predicted molar refractivity (Wildman–Crippen MR) is 58.8 cm³/mol. The van der Waals surface area contributed by atoms with Crippen LogP contribution in [0.4, 0.5) is 13.2 Å². The fraction of sp³-hybridized carbons (Fsp3) is 0.273. The van der Waals surface area contributed by atoms with Gasteiger partial charge in [0, 0.05) is 6.07 Å². The average molecular weight is 290 g/mol. The van der Waals surface area contributed by atoms with Gasteiger partial charge in [0.25, 0.3) is 5.89 Å². The second-order valence-corrected chi connectivity index (χ2v) is 3.83. The van der Waals surface area contributed by atoms with Gasteiger partial charge in [-0.3, -0.25) is 0 Å².